The molecule has 114 valence electrons. The van der Waals surface area contributed by atoms with Crippen LogP contribution in [0.5, 0.6) is 0 Å². The highest BCUT2D eigenvalue weighted by Gasteiger charge is 2.48. The number of carbonyl (C=O) groups excluding carboxylic acids is 2. The maximum absolute atomic E-state index is 12.5. The lowest BCUT2D eigenvalue weighted by Crippen LogP contribution is -2.41. The third kappa shape index (κ3) is 2.91. The molecule has 0 amide bonds. The summed E-state index contributed by atoms with van der Waals surface area (Å²) < 4.78 is 6.12. The van der Waals surface area contributed by atoms with Crippen molar-refractivity contribution >= 4 is 27.7 Å². The number of ketones is 1. The van der Waals surface area contributed by atoms with Gasteiger partial charge < -0.3 is 9.53 Å². The number of aryl methyl sites for hydroxylation is 1. The SMILES string of the molecule is COC(=O)C1(CCC(C)=O)CCc2cccc(Br)c2C1C. The van der Waals surface area contributed by atoms with Crippen LogP contribution in [-0.2, 0) is 20.7 Å². The van der Waals surface area contributed by atoms with Gasteiger partial charge in [-0.25, -0.2) is 0 Å². The number of hydrogen-bond donors (Lipinski definition) is 0. The Morgan fingerprint density at radius 2 is 2.14 bits per heavy atom. The lowest BCUT2D eigenvalue weighted by Gasteiger charge is -2.41. The molecule has 0 aliphatic heterocycles. The fourth-order valence-electron chi connectivity index (χ4n) is 3.46. The second-order valence-electron chi connectivity index (χ2n) is 5.88. The highest BCUT2D eigenvalue weighted by molar-refractivity contribution is 9.10. The maximum Gasteiger partial charge on any atom is 0.312 e. The van der Waals surface area contributed by atoms with Crippen molar-refractivity contribution in [3.63, 3.8) is 0 Å². The van der Waals surface area contributed by atoms with Crippen molar-refractivity contribution in [2.75, 3.05) is 7.11 Å². The van der Waals surface area contributed by atoms with Gasteiger partial charge in [-0.15, -0.1) is 0 Å². The highest BCUT2D eigenvalue weighted by atomic mass is 79.9. The van der Waals surface area contributed by atoms with Crippen LogP contribution >= 0.6 is 15.9 Å². The van der Waals surface area contributed by atoms with Crippen LogP contribution < -0.4 is 0 Å². The molecule has 2 rings (SSSR count). The van der Waals surface area contributed by atoms with Crippen molar-refractivity contribution in [1.82, 2.24) is 0 Å². The molecule has 1 aliphatic carbocycles. The van der Waals surface area contributed by atoms with Gasteiger partial charge in [0.05, 0.1) is 12.5 Å². The summed E-state index contributed by atoms with van der Waals surface area (Å²) in [6, 6.07) is 6.15. The summed E-state index contributed by atoms with van der Waals surface area (Å²) >= 11 is 3.61. The van der Waals surface area contributed by atoms with Crippen LogP contribution in [0.1, 0.15) is 50.2 Å². The van der Waals surface area contributed by atoms with E-state index in [2.05, 4.69) is 28.9 Å². The van der Waals surface area contributed by atoms with Gasteiger partial charge in [-0.05, 0) is 49.3 Å². The van der Waals surface area contributed by atoms with Crippen molar-refractivity contribution < 1.29 is 14.3 Å². The average molecular weight is 353 g/mol. The minimum absolute atomic E-state index is 0.0311. The molecule has 1 aliphatic rings. The Hall–Kier alpha value is -1.16. The van der Waals surface area contributed by atoms with E-state index >= 15 is 0 Å². The first-order chi connectivity index (χ1) is 9.92. The molecule has 0 heterocycles. The van der Waals surface area contributed by atoms with E-state index in [1.54, 1.807) is 6.92 Å². The Labute approximate surface area is 134 Å². The molecule has 0 bridgehead atoms. The average Bonchev–Trinajstić information content (AvgIpc) is 2.46. The summed E-state index contributed by atoms with van der Waals surface area (Å²) in [5.41, 5.74) is 1.86. The van der Waals surface area contributed by atoms with E-state index in [9.17, 15) is 9.59 Å². The van der Waals surface area contributed by atoms with Gasteiger partial charge in [0.15, 0.2) is 0 Å². The van der Waals surface area contributed by atoms with Crippen LogP contribution in [0.2, 0.25) is 0 Å². The monoisotopic (exact) mass is 352 g/mol. The quantitative estimate of drug-likeness (QED) is 0.768. The summed E-state index contributed by atoms with van der Waals surface area (Å²) in [6.45, 7) is 3.64. The normalized spacial score (nSPS) is 24.3. The van der Waals surface area contributed by atoms with Gasteiger partial charge in [0.25, 0.3) is 0 Å². The van der Waals surface area contributed by atoms with Gasteiger partial charge >= 0.3 is 5.97 Å². The number of rotatable bonds is 4. The molecular weight excluding hydrogens is 332 g/mol. The minimum Gasteiger partial charge on any atom is -0.469 e. The molecule has 0 N–H and O–H groups in total. The van der Waals surface area contributed by atoms with Crippen molar-refractivity contribution in [2.45, 2.75) is 45.4 Å². The molecule has 1 aromatic rings. The first-order valence-electron chi connectivity index (χ1n) is 7.27. The summed E-state index contributed by atoms with van der Waals surface area (Å²) in [5, 5.41) is 0. The van der Waals surface area contributed by atoms with E-state index in [0.29, 0.717) is 12.8 Å². The van der Waals surface area contributed by atoms with Crippen molar-refractivity contribution in [2.24, 2.45) is 5.41 Å². The molecule has 2 atom stereocenters. The largest absolute Gasteiger partial charge is 0.469 e. The summed E-state index contributed by atoms with van der Waals surface area (Å²) in [4.78, 5) is 23.9. The van der Waals surface area contributed by atoms with E-state index in [4.69, 9.17) is 4.74 Å². The number of fused-ring (bicyclic) bond motifs is 1. The molecule has 3 nitrogen and oxygen atoms in total. The Morgan fingerprint density at radius 1 is 1.43 bits per heavy atom. The molecular formula is C17H21BrO3. The fraction of sp³-hybridized carbons (Fsp3) is 0.529. The summed E-state index contributed by atoms with van der Waals surface area (Å²) in [7, 11) is 1.43. The second-order valence-corrected chi connectivity index (χ2v) is 6.74. The molecule has 0 fully saturated rings. The topological polar surface area (TPSA) is 43.4 Å². The van der Waals surface area contributed by atoms with Gasteiger partial charge in [-0.3, -0.25) is 4.79 Å². The first kappa shape index (κ1) is 16.2. The first-order valence-corrected chi connectivity index (χ1v) is 8.07. The number of carbonyl (C=O) groups is 2. The predicted octanol–water partition coefficient (Wildman–Crippen LogP) is 4.03. The number of esters is 1. The van der Waals surface area contributed by atoms with Crippen LogP contribution in [-0.4, -0.2) is 18.9 Å². The number of halogens is 1. The van der Waals surface area contributed by atoms with E-state index in [-0.39, 0.29) is 17.7 Å². The van der Waals surface area contributed by atoms with Crippen LogP contribution in [0.3, 0.4) is 0 Å². The Balaban J connectivity index is 2.45. The van der Waals surface area contributed by atoms with Gasteiger partial charge in [-0.1, -0.05) is 35.0 Å². The highest BCUT2D eigenvalue weighted by Crippen LogP contribution is 2.51. The second kappa shape index (κ2) is 6.30. The summed E-state index contributed by atoms with van der Waals surface area (Å²) in [5.74, 6) is -0.0512. The molecule has 2 unspecified atom stereocenters. The number of Topliss-reactive ketones (excluding diaryl/α,β-unsaturated/α-hetero) is 1. The smallest absolute Gasteiger partial charge is 0.312 e. The van der Waals surface area contributed by atoms with E-state index in [0.717, 1.165) is 17.3 Å². The minimum atomic E-state index is -0.600. The van der Waals surface area contributed by atoms with Crippen LogP contribution in [0, 0.1) is 5.41 Å². The molecule has 0 saturated carbocycles. The molecule has 0 aromatic heterocycles. The molecule has 21 heavy (non-hydrogen) atoms. The Bertz CT molecular complexity index is 567. The fourth-order valence-corrected chi connectivity index (χ4v) is 4.21. The van der Waals surface area contributed by atoms with E-state index < -0.39 is 5.41 Å². The summed E-state index contributed by atoms with van der Waals surface area (Å²) in [6.07, 6.45) is 2.54. The van der Waals surface area contributed by atoms with Crippen LogP contribution in [0.25, 0.3) is 0 Å². The van der Waals surface area contributed by atoms with Gasteiger partial charge in [-0.2, -0.15) is 0 Å². The number of methoxy groups -OCH3 is 1. The molecule has 1 aromatic carbocycles. The number of hydrogen-bond acceptors (Lipinski definition) is 3. The molecule has 4 heteroatoms. The standard InChI is InChI=1S/C17H21BrO3/c1-11(19)7-9-17(16(20)21-3)10-8-13-5-4-6-14(18)15(13)12(17)2/h4-6,12H,7-10H2,1-3H3. The zero-order valence-electron chi connectivity index (χ0n) is 12.7. The Morgan fingerprint density at radius 3 is 2.76 bits per heavy atom. The van der Waals surface area contributed by atoms with Crippen LogP contribution in [0.4, 0.5) is 0 Å². The van der Waals surface area contributed by atoms with Gasteiger partial charge in [0, 0.05) is 10.9 Å². The third-order valence-corrected chi connectivity index (χ3v) is 5.45. The van der Waals surface area contributed by atoms with Crippen molar-refractivity contribution in [3.05, 3.63) is 33.8 Å². The number of benzene rings is 1. The molecule has 0 spiro atoms. The lowest BCUT2D eigenvalue weighted by atomic mass is 9.62. The Kier molecular flexibility index (Phi) is 4.87. The van der Waals surface area contributed by atoms with Gasteiger partial charge in [0.1, 0.15) is 5.78 Å². The van der Waals surface area contributed by atoms with Crippen LogP contribution in [0.15, 0.2) is 22.7 Å². The number of ether oxygens (including phenoxy) is 1. The zero-order chi connectivity index (χ0) is 15.6. The van der Waals surface area contributed by atoms with Gasteiger partial charge in [0.2, 0.25) is 0 Å². The predicted molar refractivity (Wildman–Crippen MR) is 85.2 cm³/mol. The third-order valence-electron chi connectivity index (χ3n) is 4.76. The lowest BCUT2D eigenvalue weighted by molar-refractivity contribution is -0.156. The van der Waals surface area contributed by atoms with Crippen molar-refractivity contribution in [3.8, 4) is 0 Å². The molecule has 0 radical (unpaired) electrons. The van der Waals surface area contributed by atoms with E-state index in [1.807, 2.05) is 12.1 Å². The van der Waals surface area contributed by atoms with E-state index in [1.165, 1.54) is 18.2 Å². The molecule has 0 saturated heterocycles. The zero-order valence-corrected chi connectivity index (χ0v) is 14.3. The van der Waals surface area contributed by atoms with Crippen molar-refractivity contribution in [1.29, 1.82) is 0 Å². The maximum atomic E-state index is 12.5.